The molecule has 0 aliphatic carbocycles. The average molecular weight is 292 g/mol. The van der Waals surface area contributed by atoms with Gasteiger partial charge in [-0.3, -0.25) is 4.40 Å². The topological polar surface area (TPSA) is 66.2 Å². The molecule has 3 heterocycles. The first-order valence-corrected chi connectivity index (χ1v) is 7.19. The molecular weight excluding hydrogens is 276 g/mol. The van der Waals surface area contributed by atoms with E-state index in [0.717, 1.165) is 27.9 Å². The lowest BCUT2D eigenvalue weighted by molar-refractivity contribution is 0.0796. The van der Waals surface area contributed by atoms with Crippen molar-refractivity contribution in [2.24, 2.45) is 0 Å². The van der Waals surface area contributed by atoms with E-state index in [4.69, 9.17) is 0 Å². The molecule has 110 valence electrons. The molecule has 0 saturated carbocycles. The molecule has 0 spiro atoms. The maximum Gasteiger partial charge on any atom is 0.170 e. The molecule has 5 nitrogen and oxygen atoms in total. The molecule has 1 aromatic carbocycles. The summed E-state index contributed by atoms with van der Waals surface area (Å²) in [6, 6.07) is 11.9. The van der Waals surface area contributed by atoms with Gasteiger partial charge in [-0.1, -0.05) is 24.3 Å². The normalized spacial score (nSPS) is 12.3. The van der Waals surface area contributed by atoms with E-state index < -0.39 is 5.60 Å². The fourth-order valence-corrected chi connectivity index (χ4v) is 2.83. The van der Waals surface area contributed by atoms with E-state index in [-0.39, 0.29) is 0 Å². The first kappa shape index (κ1) is 13.0. The Labute approximate surface area is 127 Å². The van der Waals surface area contributed by atoms with Gasteiger partial charge in [0.15, 0.2) is 11.5 Å². The Hall–Kier alpha value is -2.66. The summed E-state index contributed by atoms with van der Waals surface area (Å²) in [5.41, 5.74) is 2.53. The number of hydrogen-bond donors (Lipinski definition) is 2. The van der Waals surface area contributed by atoms with Crippen molar-refractivity contribution < 1.29 is 5.11 Å². The number of aliphatic hydroxyl groups is 1. The number of fused-ring (bicyclic) bond motifs is 2. The van der Waals surface area contributed by atoms with Crippen LogP contribution >= 0.6 is 0 Å². The molecule has 0 amide bonds. The van der Waals surface area contributed by atoms with Crippen LogP contribution < -0.4 is 0 Å². The van der Waals surface area contributed by atoms with Crippen molar-refractivity contribution in [3.8, 4) is 11.4 Å². The van der Waals surface area contributed by atoms with Crippen LogP contribution in [0.15, 0.2) is 48.8 Å². The van der Waals surface area contributed by atoms with Gasteiger partial charge in [0.2, 0.25) is 0 Å². The largest absolute Gasteiger partial charge is 0.386 e. The standard InChI is InChI=1S/C17H16N4O/c1-17(2,22)13-7-5-9-21-15(19-20-16(13)21)12-10-18-14-8-4-3-6-11(12)14/h3-10,18,22H,1-2H3. The molecule has 0 atom stereocenters. The van der Waals surface area contributed by atoms with Crippen LogP contribution in [0.4, 0.5) is 0 Å². The Morgan fingerprint density at radius 1 is 1.09 bits per heavy atom. The fourth-order valence-electron chi connectivity index (χ4n) is 2.83. The lowest BCUT2D eigenvalue weighted by Gasteiger charge is -2.17. The van der Waals surface area contributed by atoms with E-state index in [0.29, 0.717) is 5.65 Å². The molecule has 22 heavy (non-hydrogen) atoms. The molecule has 5 heteroatoms. The highest BCUT2D eigenvalue weighted by Crippen LogP contribution is 2.30. The number of pyridine rings is 1. The molecule has 0 fully saturated rings. The molecule has 4 rings (SSSR count). The van der Waals surface area contributed by atoms with Gasteiger partial charge in [-0.2, -0.15) is 0 Å². The third-order valence-electron chi connectivity index (χ3n) is 3.92. The lowest BCUT2D eigenvalue weighted by atomic mass is 10.00. The van der Waals surface area contributed by atoms with Gasteiger partial charge in [0.25, 0.3) is 0 Å². The molecule has 3 aromatic heterocycles. The van der Waals surface area contributed by atoms with Crippen LogP contribution in [-0.2, 0) is 5.60 Å². The van der Waals surface area contributed by atoms with Gasteiger partial charge in [0.1, 0.15) is 0 Å². The van der Waals surface area contributed by atoms with Crippen LogP contribution in [0.3, 0.4) is 0 Å². The van der Waals surface area contributed by atoms with Crippen LogP contribution in [0.2, 0.25) is 0 Å². The van der Waals surface area contributed by atoms with Crippen molar-refractivity contribution >= 4 is 16.6 Å². The first-order valence-electron chi connectivity index (χ1n) is 7.19. The third-order valence-corrected chi connectivity index (χ3v) is 3.92. The van der Waals surface area contributed by atoms with Gasteiger partial charge < -0.3 is 10.1 Å². The first-order chi connectivity index (χ1) is 10.6. The number of aromatic nitrogens is 4. The second-order valence-corrected chi connectivity index (χ2v) is 5.95. The second kappa shape index (κ2) is 4.42. The highest BCUT2D eigenvalue weighted by molar-refractivity contribution is 5.94. The van der Waals surface area contributed by atoms with Crippen molar-refractivity contribution in [3.63, 3.8) is 0 Å². The molecular formula is C17H16N4O. The maximum atomic E-state index is 10.3. The number of para-hydroxylation sites is 1. The van der Waals surface area contributed by atoms with Crippen LogP contribution in [0.25, 0.3) is 27.9 Å². The number of benzene rings is 1. The van der Waals surface area contributed by atoms with Gasteiger partial charge in [0.05, 0.1) is 5.60 Å². The van der Waals surface area contributed by atoms with Crippen molar-refractivity contribution in [1.82, 2.24) is 19.6 Å². The Bertz CT molecular complexity index is 975. The number of nitrogens with zero attached hydrogens (tertiary/aromatic N) is 3. The van der Waals surface area contributed by atoms with E-state index in [1.54, 1.807) is 13.8 Å². The molecule has 0 aliphatic rings. The molecule has 0 unspecified atom stereocenters. The zero-order valence-corrected chi connectivity index (χ0v) is 12.4. The minimum absolute atomic E-state index is 0.676. The van der Waals surface area contributed by atoms with E-state index in [2.05, 4.69) is 21.2 Å². The predicted octanol–water partition coefficient (Wildman–Crippen LogP) is 3.11. The van der Waals surface area contributed by atoms with Crippen LogP contribution in [0.1, 0.15) is 19.4 Å². The molecule has 0 saturated heterocycles. The second-order valence-electron chi connectivity index (χ2n) is 5.95. The van der Waals surface area contributed by atoms with Gasteiger partial charge in [-0.15, -0.1) is 10.2 Å². The zero-order valence-electron chi connectivity index (χ0n) is 12.4. The highest BCUT2D eigenvalue weighted by atomic mass is 16.3. The van der Waals surface area contributed by atoms with Crippen molar-refractivity contribution in [2.75, 3.05) is 0 Å². The minimum atomic E-state index is -0.965. The predicted molar refractivity (Wildman–Crippen MR) is 85.5 cm³/mol. The summed E-state index contributed by atoms with van der Waals surface area (Å²) in [4.78, 5) is 3.26. The summed E-state index contributed by atoms with van der Waals surface area (Å²) in [5, 5.41) is 20.0. The molecule has 0 bridgehead atoms. The third kappa shape index (κ3) is 1.83. The Kier molecular flexibility index (Phi) is 2.62. The van der Waals surface area contributed by atoms with Crippen molar-refractivity contribution in [1.29, 1.82) is 0 Å². The SMILES string of the molecule is CC(C)(O)c1cccn2c(-c3c[nH]c4ccccc34)nnc12. The summed E-state index contributed by atoms with van der Waals surface area (Å²) < 4.78 is 1.92. The summed E-state index contributed by atoms with van der Waals surface area (Å²) in [7, 11) is 0. The number of hydrogen-bond acceptors (Lipinski definition) is 3. The van der Waals surface area contributed by atoms with Gasteiger partial charge in [0, 0.05) is 34.4 Å². The quantitative estimate of drug-likeness (QED) is 0.596. The Balaban J connectivity index is 2.01. The van der Waals surface area contributed by atoms with Gasteiger partial charge in [-0.25, -0.2) is 0 Å². The van der Waals surface area contributed by atoms with Crippen molar-refractivity contribution in [3.05, 3.63) is 54.4 Å². The smallest absolute Gasteiger partial charge is 0.170 e. The highest BCUT2D eigenvalue weighted by Gasteiger charge is 2.22. The van der Waals surface area contributed by atoms with E-state index >= 15 is 0 Å². The van der Waals surface area contributed by atoms with Gasteiger partial charge in [-0.05, 0) is 26.0 Å². The fraction of sp³-hybridized carbons (Fsp3) is 0.176. The molecule has 0 aliphatic heterocycles. The van der Waals surface area contributed by atoms with E-state index in [1.165, 1.54) is 0 Å². The number of aromatic amines is 1. The average Bonchev–Trinajstić information content (AvgIpc) is 3.08. The summed E-state index contributed by atoms with van der Waals surface area (Å²) >= 11 is 0. The van der Waals surface area contributed by atoms with Crippen LogP contribution in [0, 0.1) is 0 Å². The zero-order chi connectivity index (χ0) is 15.3. The lowest BCUT2D eigenvalue weighted by Crippen LogP contribution is -2.16. The monoisotopic (exact) mass is 292 g/mol. The van der Waals surface area contributed by atoms with E-state index in [1.807, 2.05) is 47.1 Å². The summed E-state index contributed by atoms with van der Waals surface area (Å²) in [5.74, 6) is 0.763. The number of H-pyrrole nitrogens is 1. The van der Waals surface area contributed by atoms with Crippen LogP contribution in [0.5, 0.6) is 0 Å². The summed E-state index contributed by atoms with van der Waals surface area (Å²) in [6.45, 7) is 3.50. The van der Waals surface area contributed by atoms with Crippen LogP contribution in [-0.4, -0.2) is 24.7 Å². The Morgan fingerprint density at radius 3 is 2.73 bits per heavy atom. The van der Waals surface area contributed by atoms with Crippen molar-refractivity contribution in [2.45, 2.75) is 19.4 Å². The number of nitrogens with one attached hydrogen (secondary N) is 1. The number of rotatable bonds is 2. The minimum Gasteiger partial charge on any atom is -0.386 e. The molecule has 4 aromatic rings. The molecule has 2 N–H and O–H groups in total. The van der Waals surface area contributed by atoms with Gasteiger partial charge >= 0.3 is 0 Å². The van der Waals surface area contributed by atoms with E-state index in [9.17, 15) is 5.11 Å². The maximum absolute atomic E-state index is 10.3. The Morgan fingerprint density at radius 2 is 1.91 bits per heavy atom. The molecule has 0 radical (unpaired) electrons. The summed E-state index contributed by atoms with van der Waals surface area (Å²) in [6.07, 6.45) is 3.86.